The van der Waals surface area contributed by atoms with E-state index in [0.29, 0.717) is 6.54 Å². The predicted molar refractivity (Wildman–Crippen MR) is 56.8 cm³/mol. The average molecular weight is 191 g/mol. The molecule has 0 aromatic heterocycles. The molecule has 0 saturated heterocycles. The summed E-state index contributed by atoms with van der Waals surface area (Å²) in [7, 11) is 1.87. The lowest BCUT2D eigenvalue weighted by Gasteiger charge is -2.08. The standard InChI is InChI=1S/C9H21NOS/c1-3-4-5-6-12-8-9(11)7-10-2/h9-11H,3-8H2,1-2H3. The molecule has 1 unspecified atom stereocenters. The molecule has 0 aliphatic carbocycles. The molecule has 0 heterocycles. The molecule has 3 heteroatoms. The Balaban J connectivity index is 2.97. The van der Waals surface area contributed by atoms with Crippen molar-refractivity contribution in [3.05, 3.63) is 0 Å². The molecule has 0 aromatic rings. The van der Waals surface area contributed by atoms with Crippen LogP contribution in [-0.2, 0) is 0 Å². The van der Waals surface area contributed by atoms with Gasteiger partial charge in [-0.05, 0) is 19.2 Å². The number of aliphatic hydroxyl groups excluding tert-OH is 1. The fourth-order valence-corrected chi connectivity index (χ4v) is 1.93. The van der Waals surface area contributed by atoms with Crippen molar-refractivity contribution in [2.24, 2.45) is 0 Å². The number of hydrogen-bond acceptors (Lipinski definition) is 3. The van der Waals surface area contributed by atoms with Crippen molar-refractivity contribution in [3.63, 3.8) is 0 Å². The molecule has 74 valence electrons. The zero-order chi connectivity index (χ0) is 9.23. The van der Waals surface area contributed by atoms with Gasteiger partial charge < -0.3 is 10.4 Å². The van der Waals surface area contributed by atoms with Crippen LogP contribution in [0.2, 0.25) is 0 Å². The second-order valence-corrected chi connectivity index (χ2v) is 4.14. The summed E-state index contributed by atoms with van der Waals surface area (Å²) < 4.78 is 0. The Morgan fingerprint density at radius 1 is 1.42 bits per heavy atom. The van der Waals surface area contributed by atoms with E-state index in [1.165, 1.54) is 25.0 Å². The third-order valence-electron chi connectivity index (χ3n) is 1.64. The van der Waals surface area contributed by atoms with Crippen LogP contribution in [0, 0.1) is 0 Å². The van der Waals surface area contributed by atoms with Crippen LogP contribution in [0.3, 0.4) is 0 Å². The highest BCUT2D eigenvalue weighted by Crippen LogP contribution is 2.07. The summed E-state index contributed by atoms with van der Waals surface area (Å²) in [4.78, 5) is 0. The van der Waals surface area contributed by atoms with E-state index in [2.05, 4.69) is 12.2 Å². The van der Waals surface area contributed by atoms with Crippen LogP contribution in [0.4, 0.5) is 0 Å². The van der Waals surface area contributed by atoms with Gasteiger partial charge >= 0.3 is 0 Å². The second kappa shape index (κ2) is 9.36. The first-order chi connectivity index (χ1) is 5.81. The third-order valence-corrected chi connectivity index (χ3v) is 2.84. The highest BCUT2D eigenvalue weighted by atomic mass is 32.2. The fourth-order valence-electron chi connectivity index (χ4n) is 0.968. The number of unbranched alkanes of at least 4 members (excludes halogenated alkanes) is 2. The van der Waals surface area contributed by atoms with Gasteiger partial charge in [0.25, 0.3) is 0 Å². The Kier molecular flexibility index (Phi) is 9.57. The Morgan fingerprint density at radius 2 is 2.17 bits per heavy atom. The van der Waals surface area contributed by atoms with Crippen LogP contribution in [0.15, 0.2) is 0 Å². The molecule has 0 amide bonds. The number of thioether (sulfide) groups is 1. The van der Waals surface area contributed by atoms with E-state index in [1.807, 2.05) is 18.8 Å². The van der Waals surface area contributed by atoms with Gasteiger partial charge in [0.15, 0.2) is 0 Å². The molecule has 0 bridgehead atoms. The van der Waals surface area contributed by atoms with Crippen molar-refractivity contribution in [2.45, 2.75) is 32.3 Å². The van der Waals surface area contributed by atoms with Crippen LogP contribution in [0.1, 0.15) is 26.2 Å². The summed E-state index contributed by atoms with van der Waals surface area (Å²) in [6, 6.07) is 0. The highest BCUT2D eigenvalue weighted by molar-refractivity contribution is 7.99. The average Bonchev–Trinajstić information content (AvgIpc) is 2.05. The van der Waals surface area contributed by atoms with Gasteiger partial charge in [-0.1, -0.05) is 19.8 Å². The summed E-state index contributed by atoms with van der Waals surface area (Å²) in [5.41, 5.74) is 0. The number of hydrogen-bond donors (Lipinski definition) is 2. The van der Waals surface area contributed by atoms with Gasteiger partial charge in [0.2, 0.25) is 0 Å². The summed E-state index contributed by atoms with van der Waals surface area (Å²) in [6.45, 7) is 2.92. The van der Waals surface area contributed by atoms with Gasteiger partial charge in [0, 0.05) is 12.3 Å². The predicted octanol–water partition coefficient (Wildman–Crippen LogP) is 1.49. The Hall–Kier alpha value is 0.270. The molecular weight excluding hydrogens is 170 g/mol. The monoisotopic (exact) mass is 191 g/mol. The third kappa shape index (κ3) is 8.37. The Labute approximate surface area is 80.1 Å². The van der Waals surface area contributed by atoms with E-state index < -0.39 is 0 Å². The largest absolute Gasteiger partial charge is 0.391 e. The van der Waals surface area contributed by atoms with Crippen LogP contribution < -0.4 is 5.32 Å². The first kappa shape index (κ1) is 12.3. The van der Waals surface area contributed by atoms with Crippen molar-refractivity contribution in [1.82, 2.24) is 5.32 Å². The van der Waals surface area contributed by atoms with Gasteiger partial charge in [-0.25, -0.2) is 0 Å². The first-order valence-electron chi connectivity index (χ1n) is 4.71. The van der Waals surface area contributed by atoms with Crippen LogP contribution in [-0.4, -0.2) is 36.3 Å². The fraction of sp³-hybridized carbons (Fsp3) is 1.00. The normalized spacial score (nSPS) is 13.2. The molecule has 12 heavy (non-hydrogen) atoms. The number of nitrogens with one attached hydrogen (secondary N) is 1. The van der Waals surface area contributed by atoms with Gasteiger partial charge in [0.1, 0.15) is 0 Å². The quantitative estimate of drug-likeness (QED) is 0.570. The molecule has 0 rings (SSSR count). The summed E-state index contributed by atoms with van der Waals surface area (Å²) in [6.07, 6.45) is 3.70. The minimum Gasteiger partial charge on any atom is -0.391 e. The first-order valence-corrected chi connectivity index (χ1v) is 5.87. The molecule has 0 saturated carbocycles. The molecule has 0 fully saturated rings. The number of likely N-dealkylation sites (N-methyl/N-ethyl adjacent to an activating group) is 1. The summed E-state index contributed by atoms with van der Waals surface area (Å²) in [5.74, 6) is 2.05. The van der Waals surface area contributed by atoms with Crippen LogP contribution >= 0.6 is 11.8 Å². The van der Waals surface area contributed by atoms with Crippen molar-refractivity contribution in [3.8, 4) is 0 Å². The number of aliphatic hydroxyl groups is 1. The Morgan fingerprint density at radius 3 is 2.75 bits per heavy atom. The molecular formula is C9H21NOS. The topological polar surface area (TPSA) is 32.3 Å². The minimum atomic E-state index is -0.179. The smallest absolute Gasteiger partial charge is 0.0754 e. The van der Waals surface area contributed by atoms with Gasteiger partial charge in [0.05, 0.1) is 6.10 Å². The zero-order valence-electron chi connectivity index (χ0n) is 8.18. The molecule has 0 aliphatic rings. The van der Waals surface area contributed by atoms with Crippen molar-refractivity contribution >= 4 is 11.8 Å². The molecule has 0 aliphatic heterocycles. The van der Waals surface area contributed by atoms with E-state index in [-0.39, 0.29) is 6.10 Å². The molecule has 1 atom stereocenters. The lowest BCUT2D eigenvalue weighted by Crippen LogP contribution is -2.25. The molecule has 0 aromatic carbocycles. The Bertz CT molecular complexity index is 90.6. The SMILES string of the molecule is CCCCCSCC(O)CNC. The lowest BCUT2D eigenvalue weighted by atomic mass is 10.3. The van der Waals surface area contributed by atoms with Crippen LogP contribution in [0.25, 0.3) is 0 Å². The molecule has 2 N–H and O–H groups in total. The van der Waals surface area contributed by atoms with Crippen molar-refractivity contribution in [2.75, 3.05) is 25.1 Å². The maximum Gasteiger partial charge on any atom is 0.0754 e. The lowest BCUT2D eigenvalue weighted by molar-refractivity contribution is 0.199. The zero-order valence-corrected chi connectivity index (χ0v) is 8.99. The van der Waals surface area contributed by atoms with E-state index >= 15 is 0 Å². The number of rotatable bonds is 8. The van der Waals surface area contributed by atoms with E-state index in [4.69, 9.17) is 0 Å². The van der Waals surface area contributed by atoms with E-state index in [1.54, 1.807) is 0 Å². The minimum absolute atomic E-state index is 0.179. The second-order valence-electron chi connectivity index (χ2n) is 2.99. The maximum absolute atomic E-state index is 9.32. The van der Waals surface area contributed by atoms with Crippen LogP contribution in [0.5, 0.6) is 0 Å². The van der Waals surface area contributed by atoms with Crippen molar-refractivity contribution in [1.29, 1.82) is 0 Å². The maximum atomic E-state index is 9.32. The van der Waals surface area contributed by atoms with Crippen molar-refractivity contribution < 1.29 is 5.11 Å². The molecule has 0 spiro atoms. The highest BCUT2D eigenvalue weighted by Gasteiger charge is 2.00. The summed E-state index contributed by atoms with van der Waals surface area (Å²) >= 11 is 1.85. The van der Waals surface area contributed by atoms with E-state index in [0.717, 1.165) is 5.75 Å². The molecule has 2 nitrogen and oxygen atoms in total. The molecule has 0 radical (unpaired) electrons. The summed E-state index contributed by atoms with van der Waals surface area (Å²) in [5, 5.41) is 12.3. The van der Waals surface area contributed by atoms with Gasteiger partial charge in [-0.2, -0.15) is 11.8 Å². The van der Waals surface area contributed by atoms with Gasteiger partial charge in [-0.15, -0.1) is 0 Å². The van der Waals surface area contributed by atoms with E-state index in [9.17, 15) is 5.11 Å². The van der Waals surface area contributed by atoms with Gasteiger partial charge in [-0.3, -0.25) is 0 Å².